The molecule has 0 aliphatic heterocycles. The van der Waals surface area contributed by atoms with Gasteiger partial charge in [0.15, 0.2) is 5.76 Å². The summed E-state index contributed by atoms with van der Waals surface area (Å²) in [6.45, 7) is 2.08. The second-order valence-corrected chi connectivity index (χ2v) is 11.7. The molecule has 2 aromatic heterocycles. The molecule has 14 heteroatoms. The molecule has 1 aliphatic carbocycles. The van der Waals surface area contributed by atoms with E-state index in [-0.39, 0.29) is 34.9 Å². The average molecular weight is 627 g/mol. The van der Waals surface area contributed by atoms with Crippen LogP contribution in [0.5, 0.6) is 0 Å². The number of nitrogens with one attached hydrogen (secondary N) is 1. The van der Waals surface area contributed by atoms with Crippen molar-refractivity contribution in [3.63, 3.8) is 0 Å². The van der Waals surface area contributed by atoms with Crippen molar-refractivity contribution in [3.05, 3.63) is 69.7 Å². The smallest absolute Gasteiger partial charge is 0.455 e. The van der Waals surface area contributed by atoms with E-state index in [9.17, 15) is 31.5 Å². The van der Waals surface area contributed by atoms with Gasteiger partial charge in [-0.25, -0.2) is 4.98 Å². The van der Waals surface area contributed by atoms with Crippen LogP contribution in [-0.2, 0) is 28.6 Å². The number of aryl methyl sites for hydroxylation is 1. The Balaban J connectivity index is 1.55. The van der Waals surface area contributed by atoms with Gasteiger partial charge in [-0.1, -0.05) is 25.1 Å². The Bertz CT molecular complexity index is 1730. The molecule has 0 radical (unpaired) electrons. The van der Waals surface area contributed by atoms with E-state index in [2.05, 4.69) is 20.9 Å². The largest absolute Gasteiger partial charge is 0.516 e. The van der Waals surface area contributed by atoms with Crippen LogP contribution in [0.25, 0.3) is 22.3 Å². The first kappa shape index (κ1) is 27.2. The standard InChI is InChI=1S/C25H22BrF3N4O5S/c1-2-18-31-22(24(35)9-10-24)20(23(30)34)33(18)12-13-7-8-17-15(11-13)19(26)21(38-17)14-5-3-4-6-16(14)32-39(36,37)25(27,28)29/h3-8,11,32,35H,2,9-10,12H2,1H3,(H2,30,34). The molecule has 39 heavy (non-hydrogen) atoms. The molecule has 9 nitrogen and oxygen atoms in total. The third-order valence-corrected chi connectivity index (χ3v) is 8.40. The monoisotopic (exact) mass is 626 g/mol. The second-order valence-electron chi connectivity index (χ2n) is 9.23. The van der Waals surface area contributed by atoms with Crippen LogP contribution in [0.15, 0.2) is 51.4 Å². The minimum Gasteiger partial charge on any atom is -0.455 e. The first-order chi connectivity index (χ1) is 18.3. The first-order valence-corrected chi connectivity index (χ1v) is 14.0. The maximum atomic E-state index is 13.0. The molecule has 206 valence electrons. The van der Waals surface area contributed by atoms with Gasteiger partial charge < -0.3 is 19.8 Å². The number of fused-ring (bicyclic) bond motifs is 1. The zero-order chi connectivity index (χ0) is 28.3. The summed E-state index contributed by atoms with van der Waals surface area (Å²) in [6.07, 6.45) is 1.47. The number of amides is 1. The van der Waals surface area contributed by atoms with Gasteiger partial charge in [-0.05, 0) is 58.6 Å². The van der Waals surface area contributed by atoms with Crippen molar-refractivity contribution in [2.45, 2.75) is 43.8 Å². The number of sulfonamides is 1. The number of para-hydroxylation sites is 1. The molecule has 1 fully saturated rings. The average Bonchev–Trinajstić information content (AvgIpc) is 3.37. The highest BCUT2D eigenvalue weighted by Gasteiger charge is 2.48. The number of aromatic nitrogens is 2. The van der Waals surface area contributed by atoms with Gasteiger partial charge in [-0.2, -0.15) is 21.6 Å². The van der Waals surface area contributed by atoms with Gasteiger partial charge in [-0.15, -0.1) is 0 Å². The van der Waals surface area contributed by atoms with Gasteiger partial charge in [0.05, 0.1) is 10.2 Å². The zero-order valence-electron chi connectivity index (χ0n) is 20.3. The molecule has 1 amide bonds. The van der Waals surface area contributed by atoms with E-state index >= 15 is 0 Å². The van der Waals surface area contributed by atoms with E-state index in [0.717, 1.165) is 5.56 Å². The number of carbonyl (C=O) groups is 1. The van der Waals surface area contributed by atoms with Crippen LogP contribution in [0.1, 0.15) is 47.3 Å². The lowest BCUT2D eigenvalue weighted by Crippen LogP contribution is -2.30. The molecular weight excluding hydrogens is 605 g/mol. The highest BCUT2D eigenvalue weighted by molar-refractivity contribution is 9.10. The maximum absolute atomic E-state index is 13.0. The molecule has 2 aromatic carbocycles. The van der Waals surface area contributed by atoms with Crippen molar-refractivity contribution in [3.8, 4) is 11.3 Å². The van der Waals surface area contributed by atoms with Crippen LogP contribution in [0.4, 0.5) is 18.9 Å². The molecule has 0 spiro atoms. The minimum absolute atomic E-state index is 0.0937. The van der Waals surface area contributed by atoms with Gasteiger partial charge >= 0.3 is 15.5 Å². The third-order valence-electron chi connectivity index (χ3n) is 6.51. The van der Waals surface area contributed by atoms with Gasteiger partial charge in [0.2, 0.25) is 0 Å². The van der Waals surface area contributed by atoms with Crippen LogP contribution in [0.3, 0.4) is 0 Å². The van der Waals surface area contributed by atoms with Crippen LogP contribution in [-0.4, -0.2) is 34.5 Å². The Kier molecular flexibility index (Phi) is 6.55. The molecule has 0 saturated heterocycles. The van der Waals surface area contributed by atoms with Crippen molar-refractivity contribution in [2.75, 3.05) is 4.72 Å². The number of nitrogens with zero attached hydrogens (tertiary/aromatic N) is 2. The summed E-state index contributed by atoms with van der Waals surface area (Å²) < 4.78 is 72.0. The fraction of sp³-hybridized carbons (Fsp3) is 0.280. The lowest BCUT2D eigenvalue weighted by Gasteiger charge is -2.13. The molecule has 0 unspecified atom stereocenters. The number of benzene rings is 2. The highest BCUT2D eigenvalue weighted by atomic mass is 79.9. The third kappa shape index (κ3) is 4.80. The Morgan fingerprint density at radius 2 is 1.95 bits per heavy atom. The number of hydrogen-bond acceptors (Lipinski definition) is 6. The Morgan fingerprint density at radius 1 is 1.26 bits per heavy atom. The van der Waals surface area contributed by atoms with Crippen molar-refractivity contribution >= 4 is 48.5 Å². The number of alkyl halides is 3. The summed E-state index contributed by atoms with van der Waals surface area (Å²) in [5, 5.41) is 11.2. The summed E-state index contributed by atoms with van der Waals surface area (Å²) >= 11 is 3.45. The molecule has 4 N–H and O–H groups in total. The van der Waals surface area contributed by atoms with Crippen LogP contribution >= 0.6 is 15.9 Å². The number of anilines is 1. The number of aliphatic hydroxyl groups is 1. The van der Waals surface area contributed by atoms with Crippen molar-refractivity contribution in [1.82, 2.24) is 9.55 Å². The van der Waals surface area contributed by atoms with Crippen LogP contribution in [0, 0.1) is 0 Å². The molecule has 4 aromatic rings. The van der Waals surface area contributed by atoms with Crippen LogP contribution < -0.4 is 10.5 Å². The predicted molar refractivity (Wildman–Crippen MR) is 140 cm³/mol. The van der Waals surface area contributed by atoms with Crippen molar-refractivity contribution in [2.24, 2.45) is 5.73 Å². The molecule has 5 rings (SSSR count). The summed E-state index contributed by atoms with van der Waals surface area (Å²) in [5.74, 6) is -0.00378. The minimum atomic E-state index is -5.66. The molecule has 0 atom stereocenters. The number of rotatable bonds is 8. The van der Waals surface area contributed by atoms with E-state index in [1.165, 1.54) is 24.3 Å². The fourth-order valence-corrected chi connectivity index (χ4v) is 5.60. The highest BCUT2D eigenvalue weighted by Crippen LogP contribution is 2.46. The molecular formula is C25H22BrF3N4O5S. The van der Waals surface area contributed by atoms with Gasteiger partial charge in [0.1, 0.15) is 28.4 Å². The van der Waals surface area contributed by atoms with E-state index in [1.54, 1.807) is 27.5 Å². The predicted octanol–water partition coefficient (Wildman–Crippen LogP) is 5.01. The Hall–Kier alpha value is -3.36. The lowest BCUT2D eigenvalue weighted by molar-refractivity contribution is -0.0429. The van der Waals surface area contributed by atoms with Crippen LogP contribution in [0.2, 0.25) is 0 Å². The first-order valence-electron chi connectivity index (χ1n) is 11.8. The SMILES string of the molecule is CCc1nc(C2(O)CC2)c(C(N)=O)n1Cc1ccc2oc(-c3ccccc3NS(=O)(=O)C(F)(F)F)c(Br)c2c1. The maximum Gasteiger partial charge on any atom is 0.516 e. The molecule has 2 heterocycles. The number of carbonyl (C=O) groups excluding carboxylic acids is 1. The fourth-order valence-electron chi connectivity index (χ4n) is 4.41. The Labute approximate surface area is 229 Å². The van der Waals surface area contributed by atoms with E-state index < -0.39 is 27.0 Å². The van der Waals surface area contributed by atoms with Gasteiger partial charge in [-0.3, -0.25) is 9.52 Å². The van der Waals surface area contributed by atoms with E-state index in [1.807, 2.05) is 6.92 Å². The number of imidazole rings is 1. The molecule has 0 bridgehead atoms. The summed E-state index contributed by atoms with van der Waals surface area (Å²) in [7, 11) is -5.66. The zero-order valence-corrected chi connectivity index (χ0v) is 22.7. The molecule has 1 aliphatic rings. The summed E-state index contributed by atoms with van der Waals surface area (Å²) in [4.78, 5) is 16.9. The summed E-state index contributed by atoms with van der Waals surface area (Å²) in [5.41, 5.74) is 0.340. The van der Waals surface area contributed by atoms with Gasteiger partial charge in [0.25, 0.3) is 5.91 Å². The van der Waals surface area contributed by atoms with Crippen molar-refractivity contribution < 1.29 is 35.9 Å². The number of primary amides is 1. The topological polar surface area (TPSA) is 140 Å². The van der Waals surface area contributed by atoms with E-state index in [0.29, 0.717) is 40.5 Å². The quantitative estimate of drug-likeness (QED) is 0.251. The number of nitrogens with two attached hydrogens (primary N) is 1. The van der Waals surface area contributed by atoms with E-state index in [4.69, 9.17) is 10.2 Å². The van der Waals surface area contributed by atoms with Crippen molar-refractivity contribution in [1.29, 1.82) is 0 Å². The normalized spacial score (nSPS) is 15.0. The lowest BCUT2D eigenvalue weighted by atomic mass is 10.1. The van der Waals surface area contributed by atoms with Gasteiger partial charge in [0, 0.05) is 23.9 Å². The number of halogens is 4. The molecule has 1 saturated carbocycles. The Morgan fingerprint density at radius 3 is 2.56 bits per heavy atom. The second kappa shape index (κ2) is 9.38. The number of furan rings is 1. The number of hydrogen-bond donors (Lipinski definition) is 3. The summed E-state index contributed by atoms with van der Waals surface area (Å²) in [6, 6.07) is 10.7.